The van der Waals surface area contributed by atoms with Crippen LogP contribution in [0.15, 0.2) is 18.2 Å². The molecule has 92 valence electrons. The summed E-state index contributed by atoms with van der Waals surface area (Å²) < 4.78 is 5.35. The quantitative estimate of drug-likeness (QED) is 0.806. The molecular weight excluding hydrogens is 212 g/mol. The largest absolute Gasteiger partial charge is 0.504 e. The molecule has 0 fully saturated rings. The second kappa shape index (κ2) is 6.85. The molecule has 1 unspecified atom stereocenters. The highest BCUT2D eigenvalue weighted by Crippen LogP contribution is 2.31. The topological polar surface area (TPSA) is 29.5 Å². The second-order valence-corrected chi connectivity index (χ2v) is 3.98. The van der Waals surface area contributed by atoms with Crippen LogP contribution in [0.3, 0.4) is 0 Å². The zero-order valence-corrected chi connectivity index (χ0v) is 10.8. The van der Waals surface area contributed by atoms with Crippen LogP contribution in [0.5, 0.6) is 11.5 Å². The highest BCUT2D eigenvalue weighted by molar-refractivity contribution is 5.45. The predicted octanol–water partition coefficient (Wildman–Crippen LogP) is 3.38. The summed E-state index contributed by atoms with van der Waals surface area (Å²) in [6.07, 6.45) is 1.62. The number of phenolic OH excluding ortho intramolecular Hbond substituents is 1. The lowest BCUT2D eigenvalue weighted by Crippen LogP contribution is -1.99. The molecule has 0 saturated carbocycles. The van der Waals surface area contributed by atoms with E-state index in [9.17, 15) is 5.11 Å². The predicted molar refractivity (Wildman–Crippen MR) is 70.2 cm³/mol. The van der Waals surface area contributed by atoms with Gasteiger partial charge in [-0.15, -0.1) is 5.92 Å². The molecule has 0 aliphatic rings. The monoisotopic (exact) mass is 232 g/mol. The molecule has 0 bridgehead atoms. The molecule has 0 heterocycles. The highest BCUT2D eigenvalue weighted by atomic mass is 16.5. The van der Waals surface area contributed by atoms with Crippen LogP contribution in [0, 0.1) is 17.8 Å². The van der Waals surface area contributed by atoms with Crippen molar-refractivity contribution in [3.05, 3.63) is 23.8 Å². The molecule has 1 aromatic rings. The number of para-hydroxylation sites is 1. The second-order valence-electron chi connectivity index (χ2n) is 3.98. The van der Waals surface area contributed by atoms with Crippen LogP contribution in [0.1, 0.15) is 32.8 Å². The Kier molecular flexibility index (Phi) is 5.42. The van der Waals surface area contributed by atoms with Crippen LogP contribution in [-0.4, -0.2) is 11.7 Å². The van der Waals surface area contributed by atoms with Crippen LogP contribution in [0.2, 0.25) is 0 Å². The van der Waals surface area contributed by atoms with Gasteiger partial charge in [0.15, 0.2) is 11.5 Å². The molecule has 2 heteroatoms. The molecule has 1 aromatic carbocycles. The zero-order chi connectivity index (χ0) is 12.7. The Morgan fingerprint density at radius 2 is 2.12 bits per heavy atom. The van der Waals surface area contributed by atoms with E-state index in [1.54, 1.807) is 6.07 Å². The number of ether oxygens (including phenoxy) is 1. The van der Waals surface area contributed by atoms with Crippen molar-refractivity contribution in [2.75, 3.05) is 6.61 Å². The average Bonchev–Trinajstić information content (AvgIpc) is 2.32. The molecule has 0 aliphatic carbocycles. The van der Waals surface area contributed by atoms with Gasteiger partial charge in [-0.1, -0.05) is 31.9 Å². The Morgan fingerprint density at radius 1 is 1.35 bits per heavy atom. The number of aromatic hydroxyl groups is 1. The number of rotatable bonds is 4. The van der Waals surface area contributed by atoms with Gasteiger partial charge in [-0.2, -0.15) is 0 Å². The molecule has 0 radical (unpaired) electrons. The van der Waals surface area contributed by atoms with E-state index in [0.29, 0.717) is 12.4 Å². The van der Waals surface area contributed by atoms with Crippen molar-refractivity contribution in [2.24, 2.45) is 5.92 Å². The van der Waals surface area contributed by atoms with Crippen molar-refractivity contribution in [1.29, 1.82) is 0 Å². The maximum absolute atomic E-state index is 10.0. The first-order valence-electron chi connectivity index (χ1n) is 6.11. The van der Waals surface area contributed by atoms with Gasteiger partial charge >= 0.3 is 0 Å². The van der Waals surface area contributed by atoms with Crippen LogP contribution in [0.25, 0.3) is 0 Å². The summed E-state index contributed by atoms with van der Waals surface area (Å²) in [5.74, 6) is 7.28. The van der Waals surface area contributed by atoms with Gasteiger partial charge in [0, 0.05) is 12.3 Å². The van der Waals surface area contributed by atoms with Gasteiger partial charge in [-0.05, 0) is 25.0 Å². The van der Waals surface area contributed by atoms with Crippen LogP contribution in [0.4, 0.5) is 0 Å². The molecule has 0 aromatic heterocycles. The van der Waals surface area contributed by atoms with E-state index in [4.69, 9.17) is 4.74 Å². The number of phenols is 1. The van der Waals surface area contributed by atoms with Gasteiger partial charge in [0.1, 0.15) is 0 Å². The number of hydrogen-bond donors (Lipinski definition) is 1. The molecule has 17 heavy (non-hydrogen) atoms. The Morgan fingerprint density at radius 3 is 2.76 bits per heavy atom. The molecule has 0 aliphatic heterocycles. The summed E-state index contributed by atoms with van der Waals surface area (Å²) in [5.41, 5.74) is 0.897. The van der Waals surface area contributed by atoms with Crippen molar-refractivity contribution < 1.29 is 9.84 Å². The van der Waals surface area contributed by atoms with Crippen molar-refractivity contribution in [3.8, 4) is 23.3 Å². The van der Waals surface area contributed by atoms with Crippen LogP contribution < -0.4 is 4.74 Å². The Labute approximate surface area is 104 Å². The van der Waals surface area contributed by atoms with Gasteiger partial charge in [0.05, 0.1) is 6.61 Å². The van der Waals surface area contributed by atoms with Crippen LogP contribution >= 0.6 is 0 Å². The molecule has 0 spiro atoms. The number of hydrogen-bond acceptors (Lipinski definition) is 2. The lowest BCUT2D eigenvalue weighted by atomic mass is 10.0. The fourth-order valence-electron chi connectivity index (χ4n) is 1.66. The normalized spacial score (nSPS) is 11.5. The molecule has 1 atom stereocenters. The lowest BCUT2D eigenvalue weighted by Gasteiger charge is -2.11. The van der Waals surface area contributed by atoms with E-state index in [1.165, 1.54) is 0 Å². The van der Waals surface area contributed by atoms with Crippen molar-refractivity contribution in [2.45, 2.75) is 33.6 Å². The Hall–Kier alpha value is -1.62. The smallest absolute Gasteiger partial charge is 0.161 e. The van der Waals surface area contributed by atoms with Crippen molar-refractivity contribution >= 4 is 0 Å². The summed E-state index contributed by atoms with van der Waals surface area (Å²) in [5, 5.41) is 10.0. The maximum atomic E-state index is 10.0. The van der Waals surface area contributed by atoms with E-state index < -0.39 is 0 Å². The van der Waals surface area contributed by atoms with Gasteiger partial charge < -0.3 is 9.84 Å². The van der Waals surface area contributed by atoms with Crippen LogP contribution in [-0.2, 0) is 6.42 Å². The summed E-state index contributed by atoms with van der Waals surface area (Å²) in [6, 6.07) is 5.60. The lowest BCUT2D eigenvalue weighted by molar-refractivity contribution is 0.316. The fraction of sp³-hybridized carbons (Fsp3) is 0.467. The third-order valence-electron chi connectivity index (χ3n) is 2.43. The molecule has 1 N–H and O–H groups in total. The first kappa shape index (κ1) is 13.4. The minimum absolute atomic E-state index is 0.248. The maximum Gasteiger partial charge on any atom is 0.161 e. The van der Waals surface area contributed by atoms with Gasteiger partial charge in [-0.3, -0.25) is 0 Å². The Balaban J connectivity index is 2.80. The first-order valence-corrected chi connectivity index (χ1v) is 6.11. The van der Waals surface area contributed by atoms with Gasteiger partial charge in [-0.25, -0.2) is 0 Å². The average molecular weight is 232 g/mol. The van der Waals surface area contributed by atoms with Crippen molar-refractivity contribution in [3.63, 3.8) is 0 Å². The van der Waals surface area contributed by atoms with E-state index in [0.717, 1.165) is 18.4 Å². The third-order valence-corrected chi connectivity index (χ3v) is 2.43. The first-order chi connectivity index (χ1) is 8.19. The summed E-state index contributed by atoms with van der Waals surface area (Å²) in [7, 11) is 0. The molecule has 2 nitrogen and oxygen atoms in total. The van der Waals surface area contributed by atoms with Crippen molar-refractivity contribution in [1.82, 2.24) is 0 Å². The van der Waals surface area contributed by atoms with E-state index >= 15 is 0 Å². The molecular formula is C15H20O2. The Bertz CT molecular complexity index is 413. The molecule has 0 amide bonds. The molecule has 0 saturated heterocycles. The van der Waals surface area contributed by atoms with E-state index in [2.05, 4.69) is 18.8 Å². The summed E-state index contributed by atoms with van der Waals surface area (Å²) in [6.45, 7) is 6.56. The van der Waals surface area contributed by atoms with E-state index in [-0.39, 0.29) is 11.7 Å². The number of benzene rings is 1. The standard InChI is InChI=1S/C15H20O2/c1-4-6-8-12(3)11-13-9-7-10-14(15(13)16)17-5-2/h7,9-10,12,16H,4-5,11H2,1-3H3. The van der Waals surface area contributed by atoms with Gasteiger partial charge in [0.2, 0.25) is 0 Å². The minimum atomic E-state index is 0.248. The minimum Gasteiger partial charge on any atom is -0.504 e. The summed E-state index contributed by atoms with van der Waals surface area (Å²) in [4.78, 5) is 0. The molecule has 1 rings (SSSR count). The SMILES string of the molecule is CCC#CC(C)Cc1cccc(OCC)c1O. The zero-order valence-electron chi connectivity index (χ0n) is 10.8. The van der Waals surface area contributed by atoms with Gasteiger partial charge in [0.25, 0.3) is 0 Å². The highest BCUT2D eigenvalue weighted by Gasteiger charge is 2.09. The fourth-order valence-corrected chi connectivity index (χ4v) is 1.66. The van der Waals surface area contributed by atoms with E-state index in [1.807, 2.05) is 26.0 Å². The third kappa shape index (κ3) is 4.03. The summed E-state index contributed by atoms with van der Waals surface area (Å²) >= 11 is 0.